The Kier molecular flexibility index (Phi) is 2.57. The van der Waals surface area contributed by atoms with Crippen molar-refractivity contribution in [2.75, 3.05) is 5.32 Å². The lowest BCUT2D eigenvalue weighted by Gasteiger charge is -2.24. The van der Waals surface area contributed by atoms with Crippen LogP contribution in [0.4, 0.5) is 5.69 Å². The Hall–Kier alpha value is -1.12. The minimum Gasteiger partial charge on any atom is -0.366 e. The summed E-state index contributed by atoms with van der Waals surface area (Å²) in [5, 5.41) is 4.32. The normalized spacial score (nSPS) is 22.0. The average molecular weight is 262 g/mol. The number of fused-ring (bicyclic) bond motifs is 1. The summed E-state index contributed by atoms with van der Waals surface area (Å²) in [4.78, 5) is 1.15. The number of rotatable bonds is 1. The molecular formula is C14H12ClNS. The van der Waals surface area contributed by atoms with Crippen LogP contribution in [0.3, 0.4) is 0 Å². The molecule has 1 atom stereocenters. The second kappa shape index (κ2) is 3.97. The maximum atomic E-state index is 6.01. The van der Waals surface area contributed by atoms with E-state index in [2.05, 4.69) is 42.6 Å². The van der Waals surface area contributed by atoms with Crippen LogP contribution in [0.1, 0.15) is 12.5 Å². The molecule has 1 nitrogen and oxygen atoms in total. The van der Waals surface area contributed by atoms with Gasteiger partial charge in [0.2, 0.25) is 0 Å². The number of hydrogen-bond acceptors (Lipinski definition) is 2. The first-order chi connectivity index (χ1) is 8.17. The van der Waals surface area contributed by atoms with Gasteiger partial charge >= 0.3 is 0 Å². The Balaban J connectivity index is 2.00. The third kappa shape index (κ3) is 1.92. The van der Waals surface area contributed by atoms with Gasteiger partial charge < -0.3 is 5.32 Å². The van der Waals surface area contributed by atoms with Crippen LogP contribution in [0.2, 0.25) is 5.02 Å². The van der Waals surface area contributed by atoms with E-state index >= 15 is 0 Å². The molecule has 0 bridgehead atoms. The molecule has 0 spiro atoms. The number of halogens is 1. The molecule has 1 N–H and O–H groups in total. The van der Waals surface area contributed by atoms with E-state index in [0.29, 0.717) is 0 Å². The van der Waals surface area contributed by atoms with Crippen molar-refractivity contribution in [2.45, 2.75) is 16.7 Å². The van der Waals surface area contributed by atoms with Crippen molar-refractivity contribution < 1.29 is 0 Å². The first-order valence-electron chi connectivity index (χ1n) is 5.50. The smallest absolute Gasteiger partial charge is 0.111 e. The Morgan fingerprint density at radius 3 is 2.65 bits per heavy atom. The van der Waals surface area contributed by atoms with Crippen LogP contribution >= 0.6 is 23.4 Å². The molecule has 0 aliphatic carbocycles. The summed E-state index contributed by atoms with van der Waals surface area (Å²) in [7, 11) is 0. The molecule has 2 aromatic rings. The van der Waals surface area contributed by atoms with Gasteiger partial charge in [-0.25, -0.2) is 0 Å². The quantitative estimate of drug-likeness (QED) is 0.796. The van der Waals surface area contributed by atoms with Crippen molar-refractivity contribution in [3.63, 3.8) is 0 Å². The van der Waals surface area contributed by atoms with Gasteiger partial charge in [-0.1, -0.05) is 53.7 Å². The Bertz CT molecular complexity index is 555. The molecule has 1 aliphatic heterocycles. The number of hydrogen-bond donors (Lipinski definition) is 1. The molecule has 17 heavy (non-hydrogen) atoms. The lowest BCUT2D eigenvalue weighted by atomic mass is 10.1. The fraction of sp³-hybridized carbons (Fsp3) is 0.143. The Morgan fingerprint density at radius 1 is 1.12 bits per heavy atom. The maximum absolute atomic E-state index is 6.01. The van der Waals surface area contributed by atoms with E-state index in [1.165, 1.54) is 10.5 Å². The highest BCUT2D eigenvalue weighted by atomic mass is 35.5. The zero-order valence-electron chi connectivity index (χ0n) is 9.41. The van der Waals surface area contributed by atoms with E-state index in [9.17, 15) is 0 Å². The third-order valence-electron chi connectivity index (χ3n) is 2.95. The van der Waals surface area contributed by atoms with Gasteiger partial charge in [0.25, 0.3) is 0 Å². The second-order valence-electron chi connectivity index (χ2n) is 4.27. The van der Waals surface area contributed by atoms with Crippen molar-refractivity contribution in [2.24, 2.45) is 0 Å². The molecule has 0 fully saturated rings. The van der Waals surface area contributed by atoms with Crippen LogP contribution in [-0.2, 0) is 4.87 Å². The highest BCUT2D eigenvalue weighted by Crippen LogP contribution is 2.51. The van der Waals surface area contributed by atoms with Gasteiger partial charge in [0, 0.05) is 9.92 Å². The van der Waals surface area contributed by atoms with E-state index in [1.54, 1.807) is 0 Å². The third-order valence-corrected chi connectivity index (χ3v) is 4.51. The highest BCUT2D eigenvalue weighted by molar-refractivity contribution is 8.00. The first kappa shape index (κ1) is 11.0. The molecule has 2 aromatic carbocycles. The molecule has 0 aromatic heterocycles. The summed E-state index contributed by atoms with van der Waals surface area (Å²) in [6.07, 6.45) is 0. The summed E-state index contributed by atoms with van der Waals surface area (Å²) in [5.41, 5.74) is 2.39. The van der Waals surface area contributed by atoms with Gasteiger partial charge in [-0.3, -0.25) is 0 Å². The number of benzene rings is 2. The molecule has 0 amide bonds. The zero-order chi connectivity index (χ0) is 11.9. The predicted octanol–water partition coefficient (Wildman–Crippen LogP) is 4.73. The van der Waals surface area contributed by atoms with Crippen molar-refractivity contribution >= 4 is 29.1 Å². The Morgan fingerprint density at radius 2 is 1.88 bits per heavy atom. The fourth-order valence-electron chi connectivity index (χ4n) is 2.08. The monoisotopic (exact) mass is 261 g/mol. The van der Waals surface area contributed by atoms with Gasteiger partial charge in [-0.15, -0.1) is 0 Å². The van der Waals surface area contributed by atoms with Crippen LogP contribution < -0.4 is 5.32 Å². The molecule has 1 unspecified atom stereocenters. The summed E-state index contributed by atoms with van der Waals surface area (Å²) in [5.74, 6) is 0. The lowest BCUT2D eigenvalue weighted by Crippen LogP contribution is -2.23. The highest BCUT2D eigenvalue weighted by Gasteiger charge is 2.34. The molecule has 1 heterocycles. The number of thioether (sulfide) groups is 1. The largest absolute Gasteiger partial charge is 0.366 e. The van der Waals surface area contributed by atoms with Crippen LogP contribution in [0.5, 0.6) is 0 Å². The second-order valence-corrected chi connectivity index (χ2v) is 6.16. The molecule has 0 saturated heterocycles. The average Bonchev–Trinajstić information content (AvgIpc) is 2.67. The zero-order valence-corrected chi connectivity index (χ0v) is 11.0. The molecule has 3 heteroatoms. The van der Waals surface area contributed by atoms with Gasteiger partial charge in [-0.2, -0.15) is 0 Å². The SMILES string of the molecule is CC1(c2ccccc2)Nc2cc(Cl)ccc2S1. The topological polar surface area (TPSA) is 12.0 Å². The van der Waals surface area contributed by atoms with Crippen molar-refractivity contribution in [3.05, 3.63) is 59.1 Å². The van der Waals surface area contributed by atoms with E-state index in [0.717, 1.165) is 10.7 Å². The van der Waals surface area contributed by atoms with Crippen LogP contribution in [0.25, 0.3) is 0 Å². The molecule has 0 saturated carbocycles. The minimum atomic E-state index is -0.103. The minimum absolute atomic E-state index is 0.103. The standard InChI is InChI=1S/C14H12ClNS/c1-14(10-5-3-2-4-6-10)16-12-9-11(15)7-8-13(12)17-14/h2-9,16H,1H3. The molecule has 0 radical (unpaired) electrons. The van der Waals surface area contributed by atoms with E-state index in [1.807, 2.05) is 30.0 Å². The van der Waals surface area contributed by atoms with Crippen LogP contribution in [-0.4, -0.2) is 0 Å². The first-order valence-corrected chi connectivity index (χ1v) is 6.69. The predicted molar refractivity (Wildman–Crippen MR) is 74.7 cm³/mol. The van der Waals surface area contributed by atoms with Crippen molar-refractivity contribution in [3.8, 4) is 0 Å². The summed E-state index contributed by atoms with van der Waals surface area (Å²) >= 11 is 7.84. The lowest BCUT2D eigenvalue weighted by molar-refractivity contribution is 0.816. The van der Waals surface area contributed by atoms with E-state index in [-0.39, 0.29) is 4.87 Å². The number of nitrogens with one attached hydrogen (secondary N) is 1. The summed E-state index contributed by atoms with van der Waals surface area (Å²) < 4.78 is 0. The van der Waals surface area contributed by atoms with Gasteiger partial charge in [0.05, 0.1) is 5.69 Å². The molecule has 1 aliphatic rings. The number of anilines is 1. The van der Waals surface area contributed by atoms with Crippen LogP contribution in [0.15, 0.2) is 53.4 Å². The van der Waals surface area contributed by atoms with Gasteiger partial charge in [-0.05, 0) is 30.7 Å². The van der Waals surface area contributed by atoms with Crippen molar-refractivity contribution in [1.29, 1.82) is 0 Å². The fourth-order valence-corrected chi connectivity index (χ4v) is 3.46. The van der Waals surface area contributed by atoms with E-state index < -0.39 is 0 Å². The Labute approximate surface area is 110 Å². The molecule has 3 rings (SSSR count). The molecular weight excluding hydrogens is 250 g/mol. The summed E-state index contributed by atoms with van der Waals surface area (Å²) in [6, 6.07) is 16.5. The summed E-state index contributed by atoms with van der Waals surface area (Å²) in [6.45, 7) is 2.20. The van der Waals surface area contributed by atoms with Gasteiger partial charge in [0.1, 0.15) is 4.87 Å². The van der Waals surface area contributed by atoms with Crippen molar-refractivity contribution in [1.82, 2.24) is 0 Å². The van der Waals surface area contributed by atoms with Gasteiger partial charge in [0.15, 0.2) is 0 Å². The van der Waals surface area contributed by atoms with Crippen LogP contribution in [0, 0.1) is 0 Å². The molecule has 86 valence electrons. The van der Waals surface area contributed by atoms with E-state index in [4.69, 9.17) is 11.6 Å². The maximum Gasteiger partial charge on any atom is 0.111 e.